The molecule has 1 rings (SSSR count). The van der Waals surface area contributed by atoms with Crippen LogP contribution in [0.5, 0.6) is 0 Å². The third-order valence-electron chi connectivity index (χ3n) is 1.89. The number of hydrogen-bond acceptors (Lipinski definition) is 3. The first-order chi connectivity index (χ1) is 6.81. The molecule has 0 saturated heterocycles. The smallest absolute Gasteiger partial charge is 0.142 e. The average Bonchev–Trinajstić information content (AvgIpc) is 2.26. The maximum atomic E-state index is 8.68. The molecule has 3 nitrogen and oxygen atoms in total. The molecule has 0 spiro atoms. The van der Waals surface area contributed by atoms with Crippen LogP contribution in [0, 0.1) is 23.7 Å². The van der Waals surface area contributed by atoms with E-state index in [0.717, 1.165) is 12.2 Å². The lowest BCUT2D eigenvalue weighted by Crippen LogP contribution is -2.22. The summed E-state index contributed by atoms with van der Waals surface area (Å²) in [5, 5.41) is 8.68. The number of aromatic nitrogens is 1. The summed E-state index contributed by atoms with van der Waals surface area (Å²) in [5.41, 5.74) is 1.36. The van der Waals surface area contributed by atoms with Crippen molar-refractivity contribution in [1.82, 2.24) is 4.98 Å². The molecule has 0 radical (unpaired) electrons. The summed E-state index contributed by atoms with van der Waals surface area (Å²) in [4.78, 5) is 5.90. The van der Waals surface area contributed by atoms with Crippen LogP contribution in [0.3, 0.4) is 0 Å². The highest BCUT2D eigenvalue weighted by Gasteiger charge is 2.03. The van der Waals surface area contributed by atoms with Gasteiger partial charge in [0.05, 0.1) is 6.54 Å². The largest absolute Gasteiger partial charge is 0.361 e. The zero-order valence-electron chi connectivity index (χ0n) is 8.07. The molecule has 0 fully saturated rings. The fraction of sp³-hybridized carbons (Fsp3) is 0.273. The summed E-state index contributed by atoms with van der Waals surface area (Å²) in [5.74, 6) is 2.58. The minimum atomic E-state index is 0.415. The molecule has 0 amide bonds. The number of rotatable bonds is 3. The van der Waals surface area contributed by atoms with Gasteiger partial charge >= 0.3 is 0 Å². The van der Waals surface area contributed by atoms with Crippen molar-refractivity contribution in [3.63, 3.8) is 0 Å². The predicted octanol–water partition coefficient (Wildman–Crippen LogP) is 1.41. The van der Waals surface area contributed by atoms with E-state index in [9.17, 15) is 0 Å². The van der Waals surface area contributed by atoms with Crippen LogP contribution in [0.15, 0.2) is 18.3 Å². The molecule has 0 saturated carbocycles. The lowest BCUT2D eigenvalue weighted by Gasteiger charge is -2.19. The van der Waals surface area contributed by atoms with E-state index in [1.54, 1.807) is 12.3 Å². The highest BCUT2D eigenvalue weighted by atomic mass is 15.1. The number of terminal acetylenes is 1. The number of hydrogen-bond donors (Lipinski definition) is 0. The van der Waals surface area contributed by atoms with Gasteiger partial charge in [0.15, 0.2) is 0 Å². The van der Waals surface area contributed by atoms with Gasteiger partial charge in [-0.3, -0.25) is 0 Å². The Bertz CT molecular complexity index is 384. The maximum Gasteiger partial charge on any atom is 0.142 e. The Balaban J connectivity index is 2.94. The molecule has 1 heterocycles. The summed E-state index contributed by atoms with van der Waals surface area (Å²) in [6, 6.07) is 5.58. The second-order valence-electron chi connectivity index (χ2n) is 2.73. The van der Waals surface area contributed by atoms with Gasteiger partial charge in [-0.25, -0.2) is 4.98 Å². The first-order valence-corrected chi connectivity index (χ1v) is 4.36. The number of nitriles is 1. The monoisotopic (exact) mass is 185 g/mol. The molecule has 1 aromatic rings. The van der Waals surface area contributed by atoms with E-state index >= 15 is 0 Å². The molecule has 1 aromatic heterocycles. The van der Waals surface area contributed by atoms with Gasteiger partial charge in [0.1, 0.15) is 11.8 Å². The van der Waals surface area contributed by atoms with E-state index < -0.39 is 0 Å². The van der Waals surface area contributed by atoms with Crippen molar-refractivity contribution < 1.29 is 0 Å². The molecule has 0 aliphatic carbocycles. The third kappa shape index (κ3) is 2.24. The zero-order valence-corrected chi connectivity index (χ0v) is 8.07. The molecule has 0 N–H and O–H groups in total. The SMILES string of the molecule is C#CCN(CC)c1ccnc(C#N)c1. The first-order valence-electron chi connectivity index (χ1n) is 4.36. The average molecular weight is 185 g/mol. The van der Waals surface area contributed by atoms with Gasteiger partial charge < -0.3 is 4.90 Å². The Labute approximate surface area is 84.0 Å². The van der Waals surface area contributed by atoms with E-state index in [-0.39, 0.29) is 0 Å². The van der Waals surface area contributed by atoms with Crippen LogP contribution in [0.4, 0.5) is 5.69 Å². The first kappa shape index (κ1) is 10.1. The fourth-order valence-electron chi connectivity index (χ4n) is 1.17. The minimum Gasteiger partial charge on any atom is -0.361 e. The molecule has 0 aromatic carbocycles. The maximum absolute atomic E-state index is 8.68. The van der Waals surface area contributed by atoms with E-state index in [1.165, 1.54) is 0 Å². The number of anilines is 1. The van der Waals surface area contributed by atoms with E-state index in [2.05, 4.69) is 10.9 Å². The van der Waals surface area contributed by atoms with E-state index in [4.69, 9.17) is 11.7 Å². The Morgan fingerprint density at radius 2 is 2.43 bits per heavy atom. The van der Waals surface area contributed by atoms with Crippen molar-refractivity contribution in [3.8, 4) is 18.4 Å². The minimum absolute atomic E-state index is 0.415. The van der Waals surface area contributed by atoms with Crippen LogP contribution in [0.25, 0.3) is 0 Å². The lowest BCUT2D eigenvalue weighted by molar-refractivity contribution is 0.915. The zero-order chi connectivity index (χ0) is 10.4. The normalized spacial score (nSPS) is 8.79. The van der Waals surface area contributed by atoms with Crippen LogP contribution in [-0.4, -0.2) is 18.1 Å². The van der Waals surface area contributed by atoms with E-state index in [1.807, 2.05) is 24.0 Å². The van der Waals surface area contributed by atoms with Crippen molar-refractivity contribution in [3.05, 3.63) is 24.0 Å². The Hall–Kier alpha value is -2.00. The molecule has 0 bridgehead atoms. The second-order valence-corrected chi connectivity index (χ2v) is 2.73. The summed E-state index contributed by atoms with van der Waals surface area (Å²) < 4.78 is 0. The van der Waals surface area contributed by atoms with Gasteiger partial charge in [0, 0.05) is 18.4 Å². The van der Waals surface area contributed by atoms with Crippen molar-refractivity contribution in [1.29, 1.82) is 5.26 Å². The Morgan fingerprint density at radius 3 is 3.00 bits per heavy atom. The van der Waals surface area contributed by atoms with Gasteiger partial charge in [-0.05, 0) is 19.1 Å². The highest BCUT2D eigenvalue weighted by Crippen LogP contribution is 2.13. The van der Waals surface area contributed by atoms with Crippen molar-refractivity contribution in [2.75, 3.05) is 18.0 Å². The summed E-state index contributed by atoms with van der Waals surface area (Å²) >= 11 is 0. The molecule has 0 atom stereocenters. The summed E-state index contributed by atoms with van der Waals surface area (Å²) in [7, 11) is 0. The molecular weight excluding hydrogens is 174 g/mol. The molecule has 14 heavy (non-hydrogen) atoms. The Morgan fingerprint density at radius 1 is 1.64 bits per heavy atom. The van der Waals surface area contributed by atoms with Gasteiger partial charge in [0.25, 0.3) is 0 Å². The molecule has 0 aliphatic heterocycles. The number of pyridine rings is 1. The van der Waals surface area contributed by atoms with Crippen molar-refractivity contribution in [2.24, 2.45) is 0 Å². The molecule has 0 unspecified atom stereocenters. The summed E-state index contributed by atoms with van der Waals surface area (Å²) in [6.07, 6.45) is 6.86. The molecular formula is C11H11N3. The molecule has 70 valence electrons. The van der Waals surface area contributed by atoms with Crippen LogP contribution in [0.1, 0.15) is 12.6 Å². The predicted molar refractivity (Wildman–Crippen MR) is 55.7 cm³/mol. The lowest BCUT2D eigenvalue weighted by atomic mass is 10.3. The van der Waals surface area contributed by atoms with Gasteiger partial charge in [0.2, 0.25) is 0 Å². The Kier molecular flexibility index (Phi) is 3.52. The molecule has 3 heteroatoms. The summed E-state index contributed by atoms with van der Waals surface area (Å²) in [6.45, 7) is 3.38. The van der Waals surface area contributed by atoms with Crippen LogP contribution in [-0.2, 0) is 0 Å². The van der Waals surface area contributed by atoms with E-state index in [0.29, 0.717) is 12.2 Å². The highest BCUT2D eigenvalue weighted by molar-refractivity contribution is 5.49. The van der Waals surface area contributed by atoms with Crippen molar-refractivity contribution in [2.45, 2.75) is 6.92 Å². The van der Waals surface area contributed by atoms with Gasteiger partial charge in [-0.1, -0.05) is 5.92 Å². The van der Waals surface area contributed by atoms with Crippen molar-refractivity contribution >= 4 is 5.69 Å². The topological polar surface area (TPSA) is 39.9 Å². The number of nitrogens with zero attached hydrogens (tertiary/aromatic N) is 3. The molecule has 0 aliphatic rings. The quantitative estimate of drug-likeness (QED) is 0.668. The second kappa shape index (κ2) is 4.89. The third-order valence-corrected chi connectivity index (χ3v) is 1.89. The standard InChI is InChI=1S/C11H11N3/c1-3-7-14(4-2)11-5-6-13-10(8-11)9-12/h1,5-6,8H,4,7H2,2H3. The van der Waals surface area contributed by atoms with Crippen LogP contribution < -0.4 is 4.90 Å². The van der Waals surface area contributed by atoms with Crippen LogP contribution >= 0.6 is 0 Å². The van der Waals surface area contributed by atoms with Gasteiger partial charge in [-0.2, -0.15) is 5.26 Å². The fourth-order valence-corrected chi connectivity index (χ4v) is 1.17. The van der Waals surface area contributed by atoms with Crippen LogP contribution in [0.2, 0.25) is 0 Å². The van der Waals surface area contributed by atoms with Gasteiger partial charge in [-0.15, -0.1) is 6.42 Å².